The van der Waals surface area contributed by atoms with Crippen molar-refractivity contribution >= 4 is 93.0 Å². The SMILES string of the molecule is C[CH2][Al]([C](=O)C(Cl)(Cl)Cl)[C](=O)C(Cl)(Cl)Cl. The molecule has 0 fully saturated rings. The van der Waals surface area contributed by atoms with Crippen LogP contribution in [0.15, 0.2) is 0 Å². The molecule has 0 saturated heterocycles. The molecule has 0 aliphatic heterocycles. The second kappa shape index (κ2) is 5.98. The Balaban J connectivity index is 4.96. The van der Waals surface area contributed by atoms with Crippen molar-refractivity contribution in [2.24, 2.45) is 0 Å². The normalized spacial score (nSPS) is 12.5. The molecule has 0 N–H and O–H groups in total. The fourth-order valence-corrected chi connectivity index (χ4v) is 5.03. The summed E-state index contributed by atoms with van der Waals surface area (Å²) in [5.74, 6) is 0. The number of carbonyl (C=O) groups excluding carboxylic acids is 2. The van der Waals surface area contributed by atoms with Crippen molar-refractivity contribution in [3.63, 3.8) is 0 Å². The van der Waals surface area contributed by atoms with Crippen molar-refractivity contribution in [2.75, 3.05) is 0 Å². The first-order chi connectivity index (χ1) is 6.51. The molecule has 0 aromatic carbocycles. The van der Waals surface area contributed by atoms with Crippen LogP contribution >= 0.6 is 69.6 Å². The molecule has 0 aromatic rings. The molecule has 0 rings (SSSR count). The molecule has 0 heterocycles. The van der Waals surface area contributed by atoms with Crippen molar-refractivity contribution in [1.29, 1.82) is 0 Å². The standard InChI is InChI=1S/2C2Cl3O.C2H5.Al/c2*3-2(4,5)1-6;1-2;/h;;1H2,2H3;. The third-order valence-corrected chi connectivity index (χ3v) is 6.76. The summed E-state index contributed by atoms with van der Waals surface area (Å²) in [7, 11) is 0. The monoisotopic (exact) mass is 346 g/mol. The molecule has 0 saturated carbocycles. The molecule has 15 heavy (non-hydrogen) atoms. The van der Waals surface area contributed by atoms with Gasteiger partial charge in [0.05, 0.1) is 0 Å². The molecule has 2 nitrogen and oxygen atoms in total. The van der Waals surface area contributed by atoms with Crippen molar-refractivity contribution in [2.45, 2.75) is 19.8 Å². The average Bonchev–Trinajstić information content (AvgIpc) is 2.01. The van der Waals surface area contributed by atoms with Crippen molar-refractivity contribution < 1.29 is 9.59 Å². The van der Waals surface area contributed by atoms with E-state index >= 15 is 0 Å². The quantitative estimate of drug-likeness (QED) is 0.578. The Bertz CT molecular complexity index is 242. The van der Waals surface area contributed by atoms with E-state index < -0.39 is 31.0 Å². The van der Waals surface area contributed by atoms with Crippen LogP contribution in [0.3, 0.4) is 0 Å². The molecule has 0 amide bonds. The molecule has 0 aliphatic rings. The number of halogens is 6. The van der Waals surface area contributed by atoms with Crippen LogP contribution in [0.25, 0.3) is 0 Å². The van der Waals surface area contributed by atoms with Gasteiger partial charge in [0.25, 0.3) is 0 Å². The summed E-state index contributed by atoms with van der Waals surface area (Å²) in [4.78, 5) is 23.1. The molecule has 0 aliphatic carbocycles. The third kappa shape index (κ3) is 5.19. The number of hydrogen-bond donors (Lipinski definition) is 0. The maximum absolute atomic E-state index is 11.6. The molecule has 0 unspecified atom stereocenters. The Morgan fingerprint density at radius 1 is 0.933 bits per heavy atom. The molecular weight excluding hydrogens is 344 g/mol. The van der Waals surface area contributed by atoms with Gasteiger partial charge in [-0.05, 0) is 0 Å². The van der Waals surface area contributed by atoms with Gasteiger partial charge in [-0.3, -0.25) is 0 Å². The molecular formula is C6H5AlCl6O2. The summed E-state index contributed by atoms with van der Waals surface area (Å²) in [6, 6.07) is 0. The summed E-state index contributed by atoms with van der Waals surface area (Å²) in [5.41, 5.74) is 0. The molecule has 0 radical (unpaired) electrons. The van der Waals surface area contributed by atoms with Crippen LogP contribution < -0.4 is 0 Å². The van der Waals surface area contributed by atoms with Crippen molar-refractivity contribution in [3.05, 3.63) is 0 Å². The van der Waals surface area contributed by atoms with Crippen LogP contribution in [0.5, 0.6) is 0 Å². The minimum atomic E-state index is -2.72. The fourth-order valence-electron chi connectivity index (χ4n) is 0.885. The molecule has 0 spiro atoms. The fraction of sp³-hybridized carbons (Fsp3) is 0.667. The highest BCUT2D eigenvalue weighted by Crippen LogP contribution is 2.33. The van der Waals surface area contributed by atoms with Crippen LogP contribution in [0.1, 0.15) is 6.92 Å². The molecule has 0 atom stereocenters. The van der Waals surface area contributed by atoms with Crippen LogP contribution in [0, 0.1) is 0 Å². The maximum atomic E-state index is 11.6. The van der Waals surface area contributed by atoms with E-state index in [0.717, 1.165) is 0 Å². The molecule has 9 heteroatoms. The van der Waals surface area contributed by atoms with Gasteiger partial charge in [-0.25, -0.2) is 0 Å². The lowest BCUT2D eigenvalue weighted by Crippen LogP contribution is -2.47. The van der Waals surface area contributed by atoms with Gasteiger partial charge in [-0.15, -0.1) is 0 Å². The second-order valence-electron chi connectivity index (χ2n) is 2.68. The van der Waals surface area contributed by atoms with Gasteiger partial charge in [-0.1, -0.05) is 81.8 Å². The second-order valence-corrected chi connectivity index (χ2v) is 10.2. The Labute approximate surface area is 121 Å². The maximum Gasteiger partial charge on any atom is 0.475 e. The van der Waals surface area contributed by atoms with Crippen LogP contribution in [-0.2, 0) is 9.59 Å². The Morgan fingerprint density at radius 3 is 1.33 bits per heavy atom. The molecule has 86 valence electrons. The van der Waals surface area contributed by atoms with E-state index in [4.69, 9.17) is 69.6 Å². The lowest BCUT2D eigenvalue weighted by molar-refractivity contribution is -0.115. The lowest BCUT2D eigenvalue weighted by Gasteiger charge is -2.17. The van der Waals surface area contributed by atoms with E-state index in [-0.39, 0.29) is 5.28 Å². The highest BCUT2D eigenvalue weighted by molar-refractivity contribution is 7.20. The van der Waals surface area contributed by atoms with Gasteiger partial charge in [0.2, 0.25) is 7.59 Å². The van der Waals surface area contributed by atoms with Gasteiger partial charge in [0.1, 0.15) is 9.29 Å². The van der Waals surface area contributed by atoms with E-state index in [2.05, 4.69) is 0 Å². The smallest absolute Gasteiger partial charge is 0.315 e. The number of carbonyl (C=O) groups is 2. The number of hydrogen-bond acceptors (Lipinski definition) is 2. The van der Waals surface area contributed by atoms with Gasteiger partial charge in [0, 0.05) is 0 Å². The van der Waals surface area contributed by atoms with Gasteiger partial charge in [0.15, 0.2) is 0 Å². The Kier molecular flexibility index (Phi) is 6.62. The first kappa shape index (κ1) is 16.6. The van der Waals surface area contributed by atoms with Crippen molar-refractivity contribution in [3.8, 4) is 0 Å². The summed E-state index contributed by atoms with van der Waals surface area (Å²) in [6.07, 6.45) is 0. The van der Waals surface area contributed by atoms with Crippen LogP contribution in [0.2, 0.25) is 5.28 Å². The summed E-state index contributed by atoms with van der Waals surface area (Å²) >= 11 is 29.6. The van der Waals surface area contributed by atoms with E-state index in [1.165, 1.54) is 0 Å². The summed E-state index contributed by atoms with van der Waals surface area (Å²) < 4.78 is -5.77. The summed E-state index contributed by atoms with van der Waals surface area (Å²) in [6.45, 7) is 1.61. The average molecular weight is 349 g/mol. The Morgan fingerprint density at radius 2 is 1.20 bits per heavy atom. The highest BCUT2D eigenvalue weighted by Gasteiger charge is 2.50. The zero-order chi connectivity index (χ0) is 12.4. The predicted molar refractivity (Wildman–Crippen MR) is 66.8 cm³/mol. The van der Waals surface area contributed by atoms with E-state index in [1.54, 1.807) is 6.92 Å². The van der Waals surface area contributed by atoms with Gasteiger partial charge >= 0.3 is 14.1 Å². The van der Waals surface area contributed by atoms with Gasteiger partial charge in [-0.2, -0.15) is 0 Å². The Hall–Kier alpha value is 1.61. The minimum Gasteiger partial charge on any atom is -0.315 e. The highest BCUT2D eigenvalue weighted by atomic mass is 35.6. The van der Waals surface area contributed by atoms with E-state index in [9.17, 15) is 9.59 Å². The predicted octanol–water partition coefficient (Wildman–Crippen LogP) is 3.46. The van der Waals surface area contributed by atoms with Crippen LogP contribution in [0.4, 0.5) is 0 Å². The topological polar surface area (TPSA) is 34.1 Å². The van der Waals surface area contributed by atoms with Crippen molar-refractivity contribution in [1.82, 2.24) is 0 Å². The molecule has 0 bridgehead atoms. The van der Waals surface area contributed by atoms with E-state index in [1.807, 2.05) is 0 Å². The lowest BCUT2D eigenvalue weighted by atomic mass is 10.8. The third-order valence-electron chi connectivity index (χ3n) is 1.60. The number of rotatable bonds is 3. The molecule has 0 aromatic heterocycles. The first-order valence-electron chi connectivity index (χ1n) is 3.73. The van der Waals surface area contributed by atoms with E-state index in [0.29, 0.717) is 0 Å². The van der Waals surface area contributed by atoms with Gasteiger partial charge < -0.3 is 9.59 Å². The first-order valence-corrected chi connectivity index (χ1v) is 7.97. The number of alkyl halides is 6. The van der Waals surface area contributed by atoms with Crippen LogP contribution in [-0.4, -0.2) is 31.0 Å². The largest absolute Gasteiger partial charge is 0.475 e. The zero-order valence-electron chi connectivity index (χ0n) is 7.37. The summed E-state index contributed by atoms with van der Waals surface area (Å²) in [5, 5.41) is 0.236. The zero-order valence-corrected chi connectivity index (χ0v) is 13.1. The minimum absolute atomic E-state index is 0.236.